The summed E-state index contributed by atoms with van der Waals surface area (Å²) in [7, 11) is 0. The van der Waals surface area contributed by atoms with Gasteiger partial charge in [0.2, 0.25) is 0 Å². The molecule has 1 saturated heterocycles. The number of rotatable bonds is 3. The van der Waals surface area contributed by atoms with Crippen LogP contribution in [0.3, 0.4) is 0 Å². The molecule has 0 spiro atoms. The van der Waals surface area contributed by atoms with Crippen molar-refractivity contribution in [2.45, 2.75) is 25.5 Å². The van der Waals surface area contributed by atoms with E-state index in [-0.39, 0.29) is 17.7 Å². The van der Waals surface area contributed by atoms with Crippen molar-refractivity contribution in [1.82, 2.24) is 9.97 Å². The maximum atomic E-state index is 11.0. The first-order chi connectivity index (χ1) is 9.65. The lowest BCUT2D eigenvalue weighted by Gasteiger charge is -2.17. The molecule has 2 unspecified atom stereocenters. The van der Waals surface area contributed by atoms with Crippen LogP contribution >= 0.6 is 0 Å². The second kappa shape index (κ2) is 5.05. The summed E-state index contributed by atoms with van der Waals surface area (Å²) < 4.78 is 5.52. The Morgan fingerprint density at radius 1 is 1.45 bits per heavy atom. The lowest BCUT2D eigenvalue weighted by molar-refractivity contribution is 0.0697. The molecule has 0 bridgehead atoms. The Hall–Kier alpha value is -2.21. The number of anilines is 1. The highest BCUT2D eigenvalue weighted by molar-refractivity contribution is 5.96. The Bertz CT molecular complexity index is 659. The number of nitrogens with one attached hydrogen (secondary N) is 1. The van der Waals surface area contributed by atoms with Crippen LogP contribution in [0.25, 0.3) is 10.9 Å². The smallest absolute Gasteiger partial charge is 0.335 e. The predicted octanol–water partition coefficient (Wildman–Crippen LogP) is 1.92. The number of hydrogen-bond donors (Lipinski definition) is 2. The van der Waals surface area contributed by atoms with E-state index in [9.17, 15) is 4.79 Å². The summed E-state index contributed by atoms with van der Waals surface area (Å²) in [5, 5.41) is 13.2. The number of carboxylic acids is 1. The van der Waals surface area contributed by atoms with Crippen LogP contribution in [0.2, 0.25) is 0 Å². The molecule has 3 rings (SSSR count). The number of carboxylic acid groups (broad SMARTS) is 1. The summed E-state index contributed by atoms with van der Waals surface area (Å²) >= 11 is 0. The van der Waals surface area contributed by atoms with E-state index < -0.39 is 5.97 Å². The number of benzene rings is 1. The van der Waals surface area contributed by atoms with Gasteiger partial charge in [0.15, 0.2) is 0 Å². The van der Waals surface area contributed by atoms with Crippen molar-refractivity contribution in [3.8, 4) is 0 Å². The van der Waals surface area contributed by atoms with Crippen LogP contribution in [-0.4, -0.2) is 39.8 Å². The summed E-state index contributed by atoms with van der Waals surface area (Å²) in [6.45, 7) is 2.77. The number of hydrogen-bond acceptors (Lipinski definition) is 5. The van der Waals surface area contributed by atoms with Crippen LogP contribution < -0.4 is 5.32 Å². The number of carbonyl (C=O) groups is 1. The van der Waals surface area contributed by atoms with Crippen molar-refractivity contribution in [2.24, 2.45) is 0 Å². The molecule has 6 nitrogen and oxygen atoms in total. The molecule has 1 aromatic carbocycles. The fraction of sp³-hybridized carbons (Fsp3) is 0.357. The molecule has 2 N–H and O–H groups in total. The number of fused-ring (bicyclic) bond motifs is 1. The Morgan fingerprint density at radius 3 is 3.00 bits per heavy atom. The summed E-state index contributed by atoms with van der Waals surface area (Å²) in [6, 6.07) is 5.07. The fourth-order valence-electron chi connectivity index (χ4n) is 2.40. The van der Waals surface area contributed by atoms with Crippen molar-refractivity contribution < 1.29 is 14.6 Å². The molecule has 1 aromatic heterocycles. The van der Waals surface area contributed by atoms with Gasteiger partial charge in [0.1, 0.15) is 12.1 Å². The quantitative estimate of drug-likeness (QED) is 0.888. The first-order valence-corrected chi connectivity index (χ1v) is 6.51. The van der Waals surface area contributed by atoms with Crippen LogP contribution in [-0.2, 0) is 4.74 Å². The van der Waals surface area contributed by atoms with Crippen LogP contribution in [0.15, 0.2) is 24.5 Å². The molecule has 0 radical (unpaired) electrons. The number of aromatic nitrogens is 2. The van der Waals surface area contributed by atoms with Crippen LogP contribution in [0.4, 0.5) is 5.82 Å². The van der Waals surface area contributed by atoms with Gasteiger partial charge in [0, 0.05) is 12.0 Å². The standard InChI is InChI=1S/C14H15N3O3/c1-8-11(4-5-20-8)17-13-10-3-2-9(14(18)19)6-12(10)15-7-16-13/h2-3,6-8,11H,4-5H2,1H3,(H,18,19)(H,15,16,17). The Labute approximate surface area is 115 Å². The average Bonchev–Trinajstić information content (AvgIpc) is 2.84. The van der Waals surface area contributed by atoms with Gasteiger partial charge in [-0.2, -0.15) is 0 Å². The summed E-state index contributed by atoms with van der Waals surface area (Å²) in [5.74, 6) is -0.243. The van der Waals surface area contributed by atoms with E-state index in [0.29, 0.717) is 11.3 Å². The molecule has 2 heterocycles. The van der Waals surface area contributed by atoms with Gasteiger partial charge in [-0.05, 0) is 31.5 Å². The number of nitrogens with zero attached hydrogens (tertiary/aromatic N) is 2. The average molecular weight is 273 g/mol. The zero-order valence-electron chi connectivity index (χ0n) is 11.0. The minimum absolute atomic E-state index is 0.137. The number of aromatic carboxylic acids is 1. The summed E-state index contributed by atoms with van der Waals surface area (Å²) in [6.07, 6.45) is 2.51. The van der Waals surface area contributed by atoms with Gasteiger partial charge in [-0.1, -0.05) is 0 Å². The van der Waals surface area contributed by atoms with E-state index in [1.165, 1.54) is 6.33 Å². The van der Waals surface area contributed by atoms with Crippen LogP contribution in [0.5, 0.6) is 0 Å². The zero-order chi connectivity index (χ0) is 14.1. The van der Waals surface area contributed by atoms with E-state index in [2.05, 4.69) is 15.3 Å². The maximum Gasteiger partial charge on any atom is 0.335 e. The van der Waals surface area contributed by atoms with Crippen molar-refractivity contribution in [3.63, 3.8) is 0 Å². The van der Waals surface area contributed by atoms with Crippen LogP contribution in [0, 0.1) is 0 Å². The van der Waals surface area contributed by atoms with Gasteiger partial charge in [0.05, 0.1) is 23.2 Å². The highest BCUT2D eigenvalue weighted by atomic mass is 16.5. The molecule has 2 atom stereocenters. The predicted molar refractivity (Wildman–Crippen MR) is 73.9 cm³/mol. The molecule has 1 aliphatic heterocycles. The van der Waals surface area contributed by atoms with Crippen molar-refractivity contribution in [1.29, 1.82) is 0 Å². The number of ether oxygens (including phenoxy) is 1. The van der Waals surface area contributed by atoms with Gasteiger partial charge < -0.3 is 15.2 Å². The fourth-order valence-corrected chi connectivity index (χ4v) is 2.40. The molecule has 0 aliphatic carbocycles. The first kappa shape index (κ1) is 12.8. The second-order valence-electron chi connectivity index (χ2n) is 4.87. The zero-order valence-corrected chi connectivity index (χ0v) is 11.0. The molecule has 20 heavy (non-hydrogen) atoms. The molecular weight excluding hydrogens is 258 g/mol. The molecule has 1 fully saturated rings. The summed E-state index contributed by atoms with van der Waals surface area (Å²) in [4.78, 5) is 19.4. The third-order valence-corrected chi connectivity index (χ3v) is 3.58. The van der Waals surface area contributed by atoms with E-state index in [1.807, 2.05) is 6.92 Å². The Kier molecular flexibility index (Phi) is 3.23. The summed E-state index contributed by atoms with van der Waals surface area (Å²) in [5.41, 5.74) is 0.841. The lowest BCUT2D eigenvalue weighted by Crippen LogP contribution is -2.27. The van der Waals surface area contributed by atoms with Crippen LogP contribution in [0.1, 0.15) is 23.7 Å². The Morgan fingerprint density at radius 2 is 2.30 bits per heavy atom. The molecular formula is C14H15N3O3. The molecule has 2 aromatic rings. The van der Waals surface area contributed by atoms with E-state index in [1.54, 1.807) is 18.2 Å². The maximum absolute atomic E-state index is 11.0. The highest BCUT2D eigenvalue weighted by Crippen LogP contribution is 2.24. The molecule has 6 heteroatoms. The third kappa shape index (κ3) is 2.30. The highest BCUT2D eigenvalue weighted by Gasteiger charge is 2.24. The lowest BCUT2D eigenvalue weighted by atomic mass is 10.1. The second-order valence-corrected chi connectivity index (χ2v) is 4.87. The van der Waals surface area contributed by atoms with Crippen molar-refractivity contribution in [2.75, 3.05) is 11.9 Å². The molecule has 104 valence electrons. The minimum Gasteiger partial charge on any atom is -0.478 e. The largest absolute Gasteiger partial charge is 0.478 e. The van der Waals surface area contributed by atoms with E-state index >= 15 is 0 Å². The van der Waals surface area contributed by atoms with E-state index in [0.717, 1.165) is 18.4 Å². The first-order valence-electron chi connectivity index (χ1n) is 6.51. The van der Waals surface area contributed by atoms with Gasteiger partial charge in [-0.25, -0.2) is 14.8 Å². The topological polar surface area (TPSA) is 84.3 Å². The molecule has 0 amide bonds. The minimum atomic E-state index is -0.960. The van der Waals surface area contributed by atoms with Crippen molar-refractivity contribution >= 4 is 22.7 Å². The van der Waals surface area contributed by atoms with Gasteiger partial charge in [-0.15, -0.1) is 0 Å². The van der Waals surface area contributed by atoms with Gasteiger partial charge in [0.25, 0.3) is 0 Å². The monoisotopic (exact) mass is 273 g/mol. The van der Waals surface area contributed by atoms with E-state index in [4.69, 9.17) is 9.84 Å². The molecule has 1 aliphatic rings. The normalized spacial score (nSPS) is 22.1. The Balaban J connectivity index is 1.97. The van der Waals surface area contributed by atoms with Gasteiger partial charge >= 0.3 is 5.97 Å². The molecule has 0 saturated carbocycles. The van der Waals surface area contributed by atoms with Gasteiger partial charge in [-0.3, -0.25) is 0 Å². The SMILES string of the molecule is CC1OCCC1Nc1ncnc2cc(C(=O)O)ccc12. The van der Waals surface area contributed by atoms with Crippen molar-refractivity contribution in [3.05, 3.63) is 30.1 Å². The third-order valence-electron chi connectivity index (χ3n) is 3.58.